The van der Waals surface area contributed by atoms with Gasteiger partial charge in [-0.05, 0) is 50.8 Å². The number of nitrogens with zero attached hydrogens (tertiary/aromatic N) is 3. The van der Waals surface area contributed by atoms with Crippen LogP contribution in [0.5, 0.6) is 0 Å². The average Bonchev–Trinajstić information content (AvgIpc) is 2.85. The highest BCUT2D eigenvalue weighted by atomic mass is 35.5. The summed E-state index contributed by atoms with van der Waals surface area (Å²) >= 11 is 5.71. The van der Waals surface area contributed by atoms with Gasteiger partial charge in [0.15, 0.2) is 0 Å². The molecule has 1 aliphatic rings. The highest BCUT2D eigenvalue weighted by Crippen LogP contribution is 2.21. The predicted octanol–water partition coefficient (Wildman–Crippen LogP) is 2.49. The van der Waals surface area contributed by atoms with Gasteiger partial charge < -0.3 is 9.64 Å². The molecule has 0 spiro atoms. The number of likely N-dealkylation sites (tertiary alicyclic amines) is 1. The van der Waals surface area contributed by atoms with Crippen molar-refractivity contribution in [2.24, 2.45) is 5.92 Å². The van der Waals surface area contributed by atoms with Gasteiger partial charge in [0.1, 0.15) is 10.6 Å². The van der Waals surface area contributed by atoms with Crippen LogP contribution in [0.1, 0.15) is 27.2 Å². The Morgan fingerprint density at radius 3 is 2.91 bits per heavy atom. The number of hydrogen-bond donors (Lipinski definition) is 0. The summed E-state index contributed by atoms with van der Waals surface area (Å²) in [6, 6.07) is 1.60. The van der Waals surface area contributed by atoms with Gasteiger partial charge in [-0.3, -0.25) is 4.21 Å². The van der Waals surface area contributed by atoms with Crippen LogP contribution in [0.25, 0.3) is 0 Å². The molecule has 0 aliphatic carbocycles. The van der Waals surface area contributed by atoms with Crippen LogP contribution in [0.2, 0.25) is 5.28 Å². The Kier molecular flexibility index (Phi) is 5.39. The summed E-state index contributed by atoms with van der Waals surface area (Å²) < 4.78 is 17.6. The molecule has 2 atom stereocenters. The van der Waals surface area contributed by atoms with Gasteiger partial charge in [-0.25, -0.2) is 14.8 Å². The van der Waals surface area contributed by atoms with Gasteiger partial charge in [-0.1, -0.05) is 0 Å². The van der Waals surface area contributed by atoms with Crippen molar-refractivity contribution in [1.82, 2.24) is 14.9 Å². The molecule has 1 aromatic rings. The molecule has 2 heterocycles. The Morgan fingerprint density at radius 2 is 2.27 bits per heavy atom. The van der Waals surface area contributed by atoms with Crippen LogP contribution in [0.15, 0.2) is 17.3 Å². The first-order chi connectivity index (χ1) is 10.2. The van der Waals surface area contributed by atoms with Gasteiger partial charge in [0, 0.05) is 25.0 Å². The summed E-state index contributed by atoms with van der Waals surface area (Å²) in [6.07, 6.45) is 1.99. The molecular formula is C14H20ClN3O3S. The second-order valence-electron chi connectivity index (χ2n) is 6.26. The molecule has 0 N–H and O–H groups in total. The first-order valence-electron chi connectivity index (χ1n) is 7.09. The summed E-state index contributed by atoms with van der Waals surface area (Å²) in [4.78, 5) is 21.4. The Hall–Kier alpha value is -1.21. The van der Waals surface area contributed by atoms with E-state index in [-0.39, 0.29) is 17.3 Å². The van der Waals surface area contributed by atoms with Crippen molar-refractivity contribution in [3.8, 4) is 0 Å². The fraction of sp³-hybridized carbons (Fsp3) is 0.643. The monoisotopic (exact) mass is 345 g/mol. The van der Waals surface area contributed by atoms with Crippen LogP contribution >= 0.6 is 11.6 Å². The van der Waals surface area contributed by atoms with Gasteiger partial charge in [-0.15, -0.1) is 0 Å². The SMILES string of the molecule is CC(C)(C)OC(=O)N1CC[C@H](C[S@@](=O)c2ccnc(Cl)n2)C1. The maximum Gasteiger partial charge on any atom is 0.410 e. The zero-order valence-corrected chi connectivity index (χ0v) is 14.5. The van der Waals surface area contributed by atoms with E-state index in [1.807, 2.05) is 20.8 Å². The van der Waals surface area contributed by atoms with E-state index in [2.05, 4.69) is 9.97 Å². The van der Waals surface area contributed by atoms with Crippen LogP contribution in [0, 0.1) is 5.92 Å². The van der Waals surface area contributed by atoms with Gasteiger partial charge in [-0.2, -0.15) is 0 Å². The quantitative estimate of drug-likeness (QED) is 0.621. The molecule has 0 aromatic carbocycles. The largest absolute Gasteiger partial charge is 0.444 e. The van der Waals surface area contributed by atoms with Crippen molar-refractivity contribution in [2.75, 3.05) is 18.8 Å². The predicted molar refractivity (Wildman–Crippen MR) is 84.2 cm³/mol. The number of amides is 1. The lowest BCUT2D eigenvalue weighted by Gasteiger charge is -2.24. The van der Waals surface area contributed by atoms with Gasteiger partial charge in [0.05, 0.1) is 10.8 Å². The number of ether oxygens (including phenoxy) is 1. The number of hydrogen-bond acceptors (Lipinski definition) is 5. The van der Waals surface area contributed by atoms with E-state index in [0.717, 1.165) is 6.42 Å². The molecule has 1 saturated heterocycles. The third-order valence-electron chi connectivity index (χ3n) is 3.16. The second kappa shape index (κ2) is 6.91. The lowest BCUT2D eigenvalue weighted by molar-refractivity contribution is 0.0289. The Balaban J connectivity index is 1.88. The number of carbonyl (C=O) groups excluding carboxylic acids is 1. The molecule has 8 heteroatoms. The van der Waals surface area contributed by atoms with Gasteiger partial charge in [0.2, 0.25) is 5.28 Å². The van der Waals surface area contributed by atoms with E-state index in [0.29, 0.717) is 23.9 Å². The maximum absolute atomic E-state index is 12.3. The molecular weight excluding hydrogens is 326 g/mol. The molecule has 0 saturated carbocycles. The summed E-state index contributed by atoms with van der Waals surface area (Å²) in [5.74, 6) is 0.620. The molecule has 1 fully saturated rings. The molecule has 2 rings (SSSR count). The average molecular weight is 346 g/mol. The van der Waals surface area contributed by atoms with Crippen LogP contribution in [0.4, 0.5) is 4.79 Å². The van der Waals surface area contributed by atoms with Crippen LogP contribution < -0.4 is 0 Å². The van der Waals surface area contributed by atoms with E-state index < -0.39 is 16.4 Å². The third-order valence-corrected chi connectivity index (χ3v) is 4.81. The normalized spacial score (nSPS) is 20.0. The van der Waals surface area contributed by atoms with Crippen molar-refractivity contribution >= 4 is 28.5 Å². The maximum atomic E-state index is 12.3. The lowest BCUT2D eigenvalue weighted by Crippen LogP contribution is -2.35. The number of carbonyl (C=O) groups is 1. The van der Waals surface area contributed by atoms with E-state index >= 15 is 0 Å². The first-order valence-corrected chi connectivity index (χ1v) is 8.79. The standard InChI is InChI=1S/C14H20ClN3O3S/c1-14(2,3)21-13(19)18-7-5-10(8-18)9-22(20)11-4-6-16-12(15)17-11/h4,6,10H,5,7-9H2,1-3H3/t10-,22+/m0/s1. The molecule has 0 bridgehead atoms. The number of aromatic nitrogens is 2. The minimum absolute atomic E-state index is 0.0904. The zero-order chi connectivity index (χ0) is 16.3. The van der Waals surface area contributed by atoms with E-state index in [1.54, 1.807) is 11.0 Å². The van der Waals surface area contributed by atoms with E-state index in [1.165, 1.54) is 6.20 Å². The van der Waals surface area contributed by atoms with E-state index in [9.17, 15) is 9.00 Å². The molecule has 0 unspecified atom stereocenters. The Labute approximate surface area is 137 Å². The van der Waals surface area contributed by atoms with Crippen molar-refractivity contribution in [2.45, 2.75) is 37.8 Å². The summed E-state index contributed by atoms with van der Waals surface area (Å²) in [5.41, 5.74) is -0.504. The zero-order valence-electron chi connectivity index (χ0n) is 12.9. The molecule has 6 nitrogen and oxygen atoms in total. The lowest BCUT2D eigenvalue weighted by atomic mass is 10.2. The topological polar surface area (TPSA) is 72.4 Å². The van der Waals surface area contributed by atoms with Gasteiger partial charge in [0.25, 0.3) is 0 Å². The highest BCUT2D eigenvalue weighted by molar-refractivity contribution is 7.84. The second-order valence-corrected chi connectivity index (χ2v) is 8.04. The summed E-state index contributed by atoms with van der Waals surface area (Å²) in [6.45, 7) is 6.70. The highest BCUT2D eigenvalue weighted by Gasteiger charge is 2.30. The Morgan fingerprint density at radius 1 is 1.55 bits per heavy atom. The van der Waals surface area contributed by atoms with Crippen LogP contribution in [-0.4, -0.2) is 49.6 Å². The van der Waals surface area contributed by atoms with Crippen LogP contribution in [-0.2, 0) is 15.5 Å². The summed E-state index contributed by atoms with van der Waals surface area (Å²) in [7, 11) is -1.25. The molecule has 1 aromatic heterocycles. The smallest absolute Gasteiger partial charge is 0.410 e. The first kappa shape index (κ1) is 17.1. The molecule has 1 amide bonds. The van der Waals surface area contributed by atoms with Crippen molar-refractivity contribution in [1.29, 1.82) is 0 Å². The molecule has 22 heavy (non-hydrogen) atoms. The number of rotatable bonds is 3. The molecule has 0 radical (unpaired) electrons. The fourth-order valence-corrected chi connectivity index (χ4v) is 3.68. The summed E-state index contributed by atoms with van der Waals surface area (Å²) in [5, 5.41) is 0.517. The molecule has 1 aliphatic heterocycles. The fourth-order valence-electron chi connectivity index (χ4n) is 2.21. The molecule has 122 valence electrons. The van der Waals surface area contributed by atoms with Crippen molar-refractivity contribution in [3.63, 3.8) is 0 Å². The van der Waals surface area contributed by atoms with Gasteiger partial charge >= 0.3 is 6.09 Å². The van der Waals surface area contributed by atoms with Crippen LogP contribution in [0.3, 0.4) is 0 Å². The minimum atomic E-state index is -1.25. The minimum Gasteiger partial charge on any atom is -0.444 e. The van der Waals surface area contributed by atoms with Crippen molar-refractivity contribution in [3.05, 3.63) is 17.5 Å². The van der Waals surface area contributed by atoms with E-state index in [4.69, 9.17) is 16.3 Å². The number of halogens is 1. The van der Waals surface area contributed by atoms with Crippen molar-refractivity contribution < 1.29 is 13.7 Å². The Bertz CT molecular complexity index is 577. The third kappa shape index (κ3) is 4.91.